The Morgan fingerprint density at radius 3 is 2.65 bits per heavy atom. The summed E-state index contributed by atoms with van der Waals surface area (Å²) in [7, 11) is 0. The van der Waals surface area contributed by atoms with Crippen LogP contribution in [0.3, 0.4) is 0 Å². The van der Waals surface area contributed by atoms with Gasteiger partial charge in [-0.1, -0.05) is 19.9 Å². The molecule has 1 aliphatic carbocycles. The zero-order valence-corrected chi connectivity index (χ0v) is 14.0. The van der Waals surface area contributed by atoms with Gasteiger partial charge in [0.05, 0.1) is 12.1 Å². The van der Waals surface area contributed by atoms with Gasteiger partial charge in [0.15, 0.2) is 0 Å². The molecule has 1 aliphatic rings. The molecular formula is C17H24F2N2O2. The molecule has 1 saturated carbocycles. The summed E-state index contributed by atoms with van der Waals surface area (Å²) in [4.78, 5) is 12.6. The van der Waals surface area contributed by atoms with Crippen molar-refractivity contribution in [3.63, 3.8) is 0 Å². The van der Waals surface area contributed by atoms with E-state index >= 15 is 0 Å². The second-order valence-electron chi connectivity index (χ2n) is 6.70. The van der Waals surface area contributed by atoms with Crippen LogP contribution in [0.2, 0.25) is 0 Å². The lowest BCUT2D eigenvalue weighted by Gasteiger charge is -2.57. The minimum Gasteiger partial charge on any atom is -0.378 e. The molecule has 1 amide bonds. The van der Waals surface area contributed by atoms with Crippen LogP contribution in [0.5, 0.6) is 0 Å². The molecule has 128 valence electrons. The third kappa shape index (κ3) is 2.97. The zero-order valence-electron chi connectivity index (χ0n) is 14.0. The Balaban J connectivity index is 2.10. The van der Waals surface area contributed by atoms with Crippen molar-refractivity contribution in [2.45, 2.75) is 51.8 Å². The van der Waals surface area contributed by atoms with Crippen molar-refractivity contribution in [1.29, 1.82) is 0 Å². The molecule has 0 aliphatic heterocycles. The van der Waals surface area contributed by atoms with E-state index in [1.807, 2.05) is 20.8 Å². The Morgan fingerprint density at radius 2 is 2.13 bits per heavy atom. The smallest absolute Gasteiger partial charge is 0.241 e. The Hall–Kier alpha value is -1.53. The fourth-order valence-electron chi connectivity index (χ4n) is 3.08. The molecule has 3 N–H and O–H groups in total. The van der Waals surface area contributed by atoms with Gasteiger partial charge >= 0.3 is 0 Å². The van der Waals surface area contributed by atoms with E-state index in [1.54, 1.807) is 6.92 Å². The van der Waals surface area contributed by atoms with E-state index in [0.717, 1.165) is 12.1 Å². The van der Waals surface area contributed by atoms with Crippen LogP contribution in [0.15, 0.2) is 18.2 Å². The van der Waals surface area contributed by atoms with Crippen molar-refractivity contribution in [3.05, 3.63) is 35.4 Å². The van der Waals surface area contributed by atoms with E-state index in [9.17, 15) is 13.6 Å². The molecular weight excluding hydrogens is 302 g/mol. The van der Waals surface area contributed by atoms with Gasteiger partial charge in [0, 0.05) is 30.1 Å². The maximum Gasteiger partial charge on any atom is 0.241 e. The number of carbonyl (C=O) groups is 1. The minimum absolute atomic E-state index is 0.0823. The summed E-state index contributed by atoms with van der Waals surface area (Å²) in [5.74, 6) is -1.70. The van der Waals surface area contributed by atoms with E-state index in [-0.39, 0.29) is 17.6 Å². The number of halogens is 2. The normalized spacial score (nSPS) is 27.2. The topological polar surface area (TPSA) is 64.3 Å². The van der Waals surface area contributed by atoms with Gasteiger partial charge in [0.25, 0.3) is 0 Å². The van der Waals surface area contributed by atoms with Crippen molar-refractivity contribution in [2.75, 3.05) is 6.61 Å². The first-order valence-corrected chi connectivity index (χ1v) is 7.80. The van der Waals surface area contributed by atoms with Gasteiger partial charge in [0.2, 0.25) is 5.91 Å². The first-order valence-electron chi connectivity index (χ1n) is 7.80. The number of rotatable bonds is 5. The molecule has 0 saturated heterocycles. The molecule has 4 nitrogen and oxygen atoms in total. The van der Waals surface area contributed by atoms with Crippen LogP contribution in [-0.2, 0) is 9.53 Å². The third-order valence-corrected chi connectivity index (χ3v) is 5.01. The summed E-state index contributed by atoms with van der Waals surface area (Å²) in [5, 5.41) is 2.74. The number of nitrogens with one attached hydrogen (secondary N) is 1. The number of benzene rings is 1. The molecule has 0 heterocycles. The predicted octanol–water partition coefficient (Wildman–Crippen LogP) is 2.67. The van der Waals surface area contributed by atoms with Crippen LogP contribution < -0.4 is 11.1 Å². The number of amides is 1. The Morgan fingerprint density at radius 1 is 1.48 bits per heavy atom. The third-order valence-electron chi connectivity index (χ3n) is 5.01. The van der Waals surface area contributed by atoms with Gasteiger partial charge in [-0.2, -0.15) is 0 Å². The van der Waals surface area contributed by atoms with Gasteiger partial charge < -0.3 is 15.8 Å². The molecule has 1 aromatic carbocycles. The van der Waals surface area contributed by atoms with E-state index in [1.165, 1.54) is 6.07 Å². The van der Waals surface area contributed by atoms with Gasteiger partial charge in [-0.15, -0.1) is 0 Å². The molecule has 0 bridgehead atoms. The number of hydrogen-bond acceptors (Lipinski definition) is 3. The quantitative estimate of drug-likeness (QED) is 0.874. The molecule has 3 atom stereocenters. The Labute approximate surface area is 135 Å². The number of ether oxygens (including phenoxy) is 1. The first kappa shape index (κ1) is 17.8. The standard InChI is InChI=1S/C17H24F2N2O2/c1-5-23-14-9-17(20,16(14,3)4)15(22)21-10(2)12-7-6-11(18)8-13(12)19/h6-8,10,14H,5,9,20H2,1-4H3,(H,21,22). The van der Waals surface area contributed by atoms with Crippen molar-refractivity contribution in [1.82, 2.24) is 5.32 Å². The minimum atomic E-state index is -1.07. The second-order valence-corrected chi connectivity index (χ2v) is 6.70. The molecule has 1 fully saturated rings. The van der Waals surface area contributed by atoms with E-state index in [2.05, 4.69) is 5.32 Å². The summed E-state index contributed by atoms with van der Waals surface area (Å²) in [6, 6.07) is 2.69. The maximum atomic E-state index is 13.8. The van der Waals surface area contributed by atoms with Gasteiger partial charge in [-0.05, 0) is 19.9 Å². The lowest BCUT2D eigenvalue weighted by Crippen LogP contribution is -2.75. The average Bonchev–Trinajstić information content (AvgIpc) is 2.46. The lowest BCUT2D eigenvalue weighted by atomic mass is 9.54. The number of nitrogens with two attached hydrogens (primary N) is 1. The van der Waals surface area contributed by atoms with Crippen LogP contribution in [0.1, 0.15) is 45.7 Å². The molecule has 0 aromatic heterocycles. The van der Waals surface area contributed by atoms with Crippen molar-refractivity contribution in [3.8, 4) is 0 Å². The molecule has 2 rings (SSSR count). The SMILES string of the molecule is CCOC1CC(N)(C(=O)NC(C)c2ccc(F)cc2F)C1(C)C. The number of hydrogen-bond donors (Lipinski definition) is 2. The number of carbonyl (C=O) groups excluding carboxylic acids is 1. The van der Waals surface area contributed by atoms with Crippen molar-refractivity contribution < 1.29 is 18.3 Å². The zero-order chi connectivity index (χ0) is 17.4. The largest absolute Gasteiger partial charge is 0.378 e. The highest BCUT2D eigenvalue weighted by Gasteiger charge is 2.62. The monoisotopic (exact) mass is 326 g/mol. The highest BCUT2D eigenvalue weighted by Crippen LogP contribution is 2.50. The van der Waals surface area contributed by atoms with Crippen LogP contribution in [0.4, 0.5) is 8.78 Å². The average molecular weight is 326 g/mol. The van der Waals surface area contributed by atoms with Gasteiger partial charge in [-0.3, -0.25) is 4.79 Å². The van der Waals surface area contributed by atoms with Crippen LogP contribution in [-0.4, -0.2) is 24.2 Å². The van der Waals surface area contributed by atoms with E-state index in [4.69, 9.17) is 10.5 Å². The fraction of sp³-hybridized carbons (Fsp3) is 0.588. The summed E-state index contributed by atoms with van der Waals surface area (Å²) in [5.41, 5.74) is 4.92. The summed E-state index contributed by atoms with van der Waals surface area (Å²) < 4.78 is 32.4. The molecule has 6 heteroatoms. The molecule has 23 heavy (non-hydrogen) atoms. The first-order chi connectivity index (χ1) is 10.6. The predicted molar refractivity (Wildman–Crippen MR) is 83.6 cm³/mol. The van der Waals surface area contributed by atoms with Gasteiger partial charge in [-0.25, -0.2) is 8.78 Å². The summed E-state index contributed by atoms with van der Waals surface area (Å²) >= 11 is 0. The summed E-state index contributed by atoms with van der Waals surface area (Å²) in [6.45, 7) is 7.87. The summed E-state index contributed by atoms with van der Waals surface area (Å²) in [6.07, 6.45) is 0.333. The maximum absolute atomic E-state index is 13.8. The molecule has 0 radical (unpaired) electrons. The van der Waals surface area contributed by atoms with E-state index in [0.29, 0.717) is 13.0 Å². The van der Waals surface area contributed by atoms with Crippen LogP contribution >= 0.6 is 0 Å². The lowest BCUT2D eigenvalue weighted by molar-refractivity contribution is -0.171. The fourth-order valence-corrected chi connectivity index (χ4v) is 3.08. The van der Waals surface area contributed by atoms with Crippen molar-refractivity contribution >= 4 is 5.91 Å². The molecule has 1 aromatic rings. The Kier molecular flexibility index (Phi) is 4.78. The highest BCUT2D eigenvalue weighted by atomic mass is 19.1. The Bertz CT molecular complexity index is 606. The molecule has 0 spiro atoms. The van der Waals surface area contributed by atoms with Gasteiger partial charge in [0.1, 0.15) is 17.2 Å². The van der Waals surface area contributed by atoms with Crippen LogP contribution in [0.25, 0.3) is 0 Å². The molecule has 3 unspecified atom stereocenters. The van der Waals surface area contributed by atoms with Crippen molar-refractivity contribution in [2.24, 2.45) is 11.1 Å². The highest BCUT2D eigenvalue weighted by molar-refractivity contribution is 5.89. The van der Waals surface area contributed by atoms with E-state index < -0.39 is 28.6 Å². The second kappa shape index (κ2) is 6.17. The van der Waals surface area contributed by atoms with Crippen LogP contribution in [0, 0.1) is 17.0 Å².